The van der Waals surface area contributed by atoms with Gasteiger partial charge in [-0.3, -0.25) is 0 Å². The Labute approximate surface area is 71.8 Å². The van der Waals surface area contributed by atoms with Crippen LogP contribution in [0.2, 0.25) is 0 Å². The summed E-state index contributed by atoms with van der Waals surface area (Å²) in [6, 6.07) is 0. The zero-order valence-corrected chi connectivity index (χ0v) is 7.97. The fraction of sp³-hybridized carbons (Fsp3) is 0.714. The second kappa shape index (κ2) is 7.45. The monoisotopic (exact) mass is 180 g/mol. The summed E-state index contributed by atoms with van der Waals surface area (Å²) in [7, 11) is 0. The molecule has 0 bridgehead atoms. The largest absolute Gasteiger partial charge is 0.371 e. The summed E-state index contributed by atoms with van der Waals surface area (Å²) in [5.41, 5.74) is 2.80. The van der Waals surface area contributed by atoms with Crippen molar-refractivity contribution < 1.29 is 4.74 Å². The van der Waals surface area contributed by atoms with Crippen LogP contribution < -0.4 is 0 Å². The third-order valence-electron chi connectivity index (χ3n) is 0.887. The van der Waals surface area contributed by atoms with Gasteiger partial charge in [-0.25, -0.2) is 0 Å². The van der Waals surface area contributed by atoms with Gasteiger partial charge in [0.15, 0.2) is 0 Å². The highest BCUT2D eigenvalue weighted by Crippen LogP contribution is 2.07. The summed E-state index contributed by atoms with van der Waals surface area (Å²) in [6.07, 6.45) is 0. The van der Waals surface area contributed by atoms with Crippen molar-refractivity contribution in [1.82, 2.24) is 0 Å². The van der Waals surface area contributed by atoms with E-state index in [-0.39, 0.29) is 0 Å². The molecule has 0 aliphatic heterocycles. The molecule has 0 radical (unpaired) electrons. The van der Waals surface area contributed by atoms with Gasteiger partial charge < -0.3 is 4.74 Å². The van der Waals surface area contributed by atoms with E-state index < -0.39 is 0 Å². The van der Waals surface area contributed by atoms with Gasteiger partial charge in [0.25, 0.3) is 0 Å². The second-order valence-corrected chi connectivity index (χ2v) is 3.07. The highest BCUT2D eigenvalue weighted by Gasteiger charge is 1.88. The third-order valence-corrected chi connectivity index (χ3v) is 2.25. The Hall–Kier alpha value is 0.340. The molecular weight excluding hydrogens is 168 g/mol. The van der Waals surface area contributed by atoms with Crippen molar-refractivity contribution in [1.29, 1.82) is 0 Å². The van der Waals surface area contributed by atoms with Crippen LogP contribution >= 0.6 is 23.4 Å². The quantitative estimate of drug-likeness (QED) is 0.476. The van der Waals surface area contributed by atoms with Crippen LogP contribution in [0, 0.1) is 0 Å². The van der Waals surface area contributed by atoms with Crippen LogP contribution in [0.15, 0.2) is 11.1 Å². The van der Waals surface area contributed by atoms with Crippen molar-refractivity contribution in [3.05, 3.63) is 11.1 Å². The molecule has 0 aromatic rings. The van der Waals surface area contributed by atoms with Gasteiger partial charge >= 0.3 is 0 Å². The number of hydrogen-bond acceptors (Lipinski definition) is 2. The molecule has 0 unspecified atom stereocenters. The van der Waals surface area contributed by atoms with Crippen molar-refractivity contribution in [2.75, 3.05) is 18.3 Å². The van der Waals surface area contributed by atoms with Crippen molar-refractivity contribution in [2.45, 2.75) is 13.8 Å². The van der Waals surface area contributed by atoms with E-state index in [1.807, 2.05) is 13.8 Å². The Bertz CT molecular complexity index is 104. The van der Waals surface area contributed by atoms with Crippen molar-refractivity contribution in [3.63, 3.8) is 0 Å². The molecule has 0 saturated carbocycles. The minimum atomic E-state index is 0.762. The van der Waals surface area contributed by atoms with Gasteiger partial charge in [0.05, 0.1) is 5.94 Å². The van der Waals surface area contributed by atoms with Crippen molar-refractivity contribution in [3.8, 4) is 0 Å². The molecule has 0 rings (SSSR count). The third kappa shape index (κ3) is 6.46. The van der Waals surface area contributed by atoms with E-state index in [4.69, 9.17) is 16.3 Å². The number of ether oxygens (including phenoxy) is 1. The molecule has 0 aliphatic rings. The standard InChI is InChI=1S/C7H13ClOS/c1-3-9-6-10-5-7(2)4-8/h4H,3,5-6H2,1-2H3/b7-4+. The first kappa shape index (κ1) is 10.3. The molecule has 0 aliphatic carbocycles. The van der Waals surface area contributed by atoms with E-state index in [0.29, 0.717) is 0 Å². The molecule has 1 nitrogen and oxygen atoms in total. The molecule has 0 N–H and O–H groups in total. The Morgan fingerprint density at radius 1 is 1.70 bits per heavy atom. The summed E-state index contributed by atoms with van der Waals surface area (Å²) < 4.78 is 5.12. The lowest BCUT2D eigenvalue weighted by atomic mass is 10.4. The Balaban J connectivity index is 3.04. The molecule has 0 saturated heterocycles. The van der Waals surface area contributed by atoms with Gasteiger partial charge in [-0.2, -0.15) is 0 Å². The fourth-order valence-electron chi connectivity index (χ4n) is 0.376. The second-order valence-electron chi connectivity index (χ2n) is 1.91. The molecule has 0 atom stereocenters. The molecule has 0 spiro atoms. The van der Waals surface area contributed by atoms with E-state index >= 15 is 0 Å². The van der Waals surface area contributed by atoms with E-state index in [0.717, 1.165) is 18.3 Å². The van der Waals surface area contributed by atoms with Gasteiger partial charge in [0.1, 0.15) is 0 Å². The highest BCUT2D eigenvalue weighted by atomic mass is 35.5. The van der Waals surface area contributed by atoms with Gasteiger partial charge in [-0.05, 0) is 13.8 Å². The maximum absolute atomic E-state index is 5.45. The van der Waals surface area contributed by atoms with Crippen LogP contribution in [0.4, 0.5) is 0 Å². The molecule has 0 heterocycles. The molecule has 0 aromatic carbocycles. The van der Waals surface area contributed by atoms with Crippen LogP contribution in [-0.2, 0) is 4.74 Å². The molecule has 3 heteroatoms. The maximum atomic E-state index is 5.45. The van der Waals surface area contributed by atoms with E-state index in [1.54, 1.807) is 17.3 Å². The number of hydrogen-bond donors (Lipinski definition) is 0. The Morgan fingerprint density at radius 2 is 2.40 bits per heavy atom. The van der Waals surface area contributed by atoms with Crippen LogP contribution in [-0.4, -0.2) is 18.3 Å². The molecule has 0 fully saturated rings. The predicted octanol–water partition coefficient (Wildman–Crippen LogP) is 2.86. The first-order valence-corrected chi connectivity index (χ1v) is 4.81. The van der Waals surface area contributed by atoms with Crippen molar-refractivity contribution in [2.24, 2.45) is 0 Å². The van der Waals surface area contributed by atoms with Crippen LogP contribution in [0.25, 0.3) is 0 Å². The van der Waals surface area contributed by atoms with Gasteiger partial charge in [0.2, 0.25) is 0 Å². The number of rotatable bonds is 5. The van der Waals surface area contributed by atoms with E-state index in [2.05, 4.69) is 0 Å². The predicted molar refractivity (Wildman–Crippen MR) is 48.6 cm³/mol. The van der Waals surface area contributed by atoms with Crippen molar-refractivity contribution >= 4 is 23.4 Å². The summed E-state index contributed by atoms with van der Waals surface area (Å²) in [6.45, 7) is 4.79. The summed E-state index contributed by atoms with van der Waals surface area (Å²) in [5, 5.41) is 0. The Morgan fingerprint density at radius 3 is 2.90 bits per heavy atom. The number of thioether (sulfide) groups is 1. The molecule has 0 amide bonds. The lowest BCUT2D eigenvalue weighted by Gasteiger charge is -1.99. The zero-order chi connectivity index (χ0) is 7.82. The minimum Gasteiger partial charge on any atom is -0.371 e. The van der Waals surface area contributed by atoms with Crippen LogP contribution in [0.5, 0.6) is 0 Å². The van der Waals surface area contributed by atoms with Gasteiger partial charge in [-0.15, -0.1) is 11.8 Å². The topological polar surface area (TPSA) is 9.23 Å². The number of halogens is 1. The van der Waals surface area contributed by atoms with Gasteiger partial charge in [0, 0.05) is 17.9 Å². The normalized spacial score (nSPS) is 12.1. The molecule has 10 heavy (non-hydrogen) atoms. The lowest BCUT2D eigenvalue weighted by molar-refractivity contribution is 0.199. The Kier molecular flexibility index (Phi) is 7.70. The van der Waals surface area contributed by atoms with Crippen LogP contribution in [0.1, 0.15) is 13.8 Å². The van der Waals surface area contributed by atoms with E-state index in [9.17, 15) is 0 Å². The summed E-state index contributed by atoms with van der Waals surface area (Å²) in [4.78, 5) is 0. The average molecular weight is 181 g/mol. The molecule has 0 aromatic heterocycles. The zero-order valence-electron chi connectivity index (χ0n) is 6.39. The fourth-order valence-corrected chi connectivity index (χ4v) is 1.32. The SMILES string of the molecule is CCOCSC/C(C)=C/Cl. The average Bonchev–Trinajstić information content (AvgIpc) is 1.98. The summed E-state index contributed by atoms with van der Waals surface area (Å²) in [5.74, 6) is 1.72. The first-order valence-electron chi connectivity index (χ1n) is 3.22. The van der Waals surface area contributed by atoms with Crippen LogP contribution in [0.3, 0.4) is 0 Å². The van der Waals surface area contributed by atoms with Gasteiger partial charge in [-0.1, -0.05) is 17.2 Å². The smallest absolute Gasteiger partial charge is 0.0923 e. The minimum absolute atomic E-state index is 0.762. The summed E-state index contributed by atoms with van der Waals surface area (Å²) >= 11 is 7.18. The molecular formula is C7H13ClOS. The first-order chi connectivity index (χ1) is 4.81. The lowest BCUT2D eigenvalue weighted by Crippen LogP contribution is -1.90. The van der Waals surface area contributed by atoms with E-state index in [1.165, 1.54) is 5.57 Å². The maximum Gasteiger partial charge on any atom is 0.0923 e. The molecule has 60 valence electrons. The highest BCUT2D eigenvalue weighted by molar-refractivity contribution is 7.99.